The molecule has 106 valence electrons. The van der Waals surface area contributed by atoms with E-state index in [1.807, 2.05) is 13.8 Å². The normalized spacial score (nSPS) is 12.2. The first-order valence-corrected chi connectivity index (χ1v) is 6.07. The Balaban J connectivity index is 2.57. The maximum Gasteiger partial charge on any atom is 0.328 e. The van der Waals surface area contributed by atoms with Crippen LogP contribution in [0, 0.1) is 5.92 Å². The van der Waals surface area contributed by atoms with Crippen molar-refractivity contribution in [1.82, 2.24) is 15.1 Å². The van der Waals surface area contributed by atoms with Crippen molar-refractivity contribution in [1.29, 1.82) is 0 Å². The van der Waals surface area contributed by atoms with E-state index >= 15 is 0 Å². The molecule has 0 saturated heterocycles. The number of methoxy groups -OCH3 is 1. The second kappa shape index (κ2) is 6.77. The highest BCUT2D eigenvalue weighted by molar-refractivity contribution is 5.84. The number of esters is 1. The summed E-state index contributed by atoms with van der Waals surface area (Å²) in [5.41, 5.74) is 5.99. The van der Waals surface area contributed by atoms with Gasteiger partial charge in [0.1, 0.15) is 12.6 Å². The Morgan fingerprint density at radius 2 is 2.21 bits per heavy atom. The Labute approximate surface area is 112 Å². The van der Waals surface area contributed by atoms with Crippen molar-refractivity contribution in [2.24, 2.45) is 5.92 Å². The third-order valence-corrected chi connectivity index (χ3v) is 2.49. The van der Waals surface area contributed by atoms with Crippen LogP contribution in [0.4, 0.5) is 5.69 Å². The minimum atomic E-state index is -0.634. The van der Waals surface area contributed by atoms with Crippen molar-refractivity contribution in [3.63, 3.8) is 0 Å². The fraction of sp³-hybridized carbons (Fsp3) is 0.583. The van der Waals surface area contributed by atoms with Crippen molar-refractivity contribution in [2.75, 3.05) is 12.8 Å². The summed E-state index contributed by atoms with van der Waals surface area (Å²) in [6, 6.07) is -0.634. The molecule has 1 heterocycles. The van der Waals surface area contributed by atoms with Crippen LogP contribution >= 0.6 is 0 Å². The molecular weight excluding hydrogens is 248 g/mol. The second-order valence-electron chi connectivity index (χ2n) is 4.74. The Hall–Kier alpha value is -2.05. The molecule has 1 unspecified atom stereocenters. The SMILES string of the molecule is COC(=O)C(CC(C)C)NC(=O)Cn1cc(N)cn1. The quantitative estimate of drug-likeness (QED) is 0.716. The van der Waals surface area contributed by atoms with E-state index in [0.717, 1.165) is 0 Å². The van der Waals surface area contributed by atoms with E-state index in [0.29, 0.717) is 12.1 Å². The van der Waals surface area contributed by atoms with E-state index in [2.05, 4.69) is 15.2 Å². The van der Waals surface area contributed by atoms with Crippen molar-refractivity contribution < 1.29 is 14.3 Å². The number of hydrogen-bond donors (Lipinski definition) is 2. The second-order valence-corrected chi connectivity index (χ2v) is 4.74. The van der Waals surface area contributed by atoms with Gasteiger partial charge in [-0.3, -0.25) is 9.48 Å². The largest absolute Gasteiger partial charge is 0.467 e. The molecule has 1 amide bonds. The number of amides is 1. The maximum absolute atomic E-state index is 11.8. The number of aromatic nitrogens is 2. The average molecular weight is 268 g/mol. The van der Waals surface area contributed by atoms with Gasteiger partial charge in [-0.05, 0) is 12.3 Å². The van der Waals surface area contributed by atoms with E-state index in [1.54, 1.807) is 6.20 Å². The van der Waals surface area contributed by atoms with Gasteiger partial charge < -0.3 is 15.8 Å². The number of ether oxygens (including phenoxy) is 1. The van der Waals surface area contributed by atoms with Crippen molar-refractivity contribution in [2.45, 2.75) is 32.9 Å². The van der Waals surface area contributed by atoms with Crippen LogP contribution in [0.5, 0.6) is 0 Å². The Bertz CT molecular complexity index is 442. The fourth-order valence-electron chi connectivity index (χ4n) is 1.68. The van der Waals surface area contributed by atoms with Gasteiger partial charge in [-0.2, -0.15) is 5.10 Å². The summed E-state index contributed by atoms with van der Waals surface area (Å²) >= 11 is 0. The smallest absolute Gasteiger partial charge is 0.328 e. The van der Waals surface area contributed by atoms with Gasteiger partial charge in [0.15, 0.2) is 0 Å². The third-order valence-electron chi connectivity index (χ3n) is 2.49. The van der Waals surface area contributed by atoms with Crippen LogP contribution in [0.3, 0.4) is 0 Å². The molecule has 0 radical (unpaired) electrons. The molecule has 1 aromatic heterocycles. The lowest BCUT2D eigenvalue weighted by molar-refractivity contribution is -0.145. The molecule has 1 aromatic rings. The Morgan fingerprint density at radius 1 is 1.53 bits per heavy atom. The van der Waals surface area contributed by atoms with Gasteiger partial charge >= 0.3 is 5.97 Å². The molecular formula is C12H20N4O3. The summed E-state index contributed by atoms with van der Waals surface area (Å²) in [6.07, 6.45) is 3.54. The molecule has 7 nitrogen and oxygen atoms in total. The summed E-state index contributed by atoms with van der Waals surface area (Å²) in [6.45, 7) is 3.95. The number of nitrogens with zero attached hydrogens (tertiary/aromatic N) is 2. The van der Waals surface area contributed by atoms with Gasteiger partial charge in [-0.15, -0.1) is 0 Å². The summed E-state index contributed by atoms with van der Waals surface area (Å²) in [5.74, 6) is -0.481. The monoisotopic (exact) mass is 268 g/mol. The van der Waals surface area contributed by atoms with Crippen LogP contribution in [0.25, 0.3) is 0 Å². The topological polar surface area (TPSA) is 99.2 Å². The fourth-order valence-corrected chi connectivity index (χ4v) is 1.68. The summed E-state index contributed by atoms with van der Waals surface area (Å²) in [7, 11) is 1.30. The number of carbonyl (C=O) groups excluding carboxylic acids is 2. The Morgan fingerprint density at radius 3 is 2.68 bits per heavy atom. The zero-order valence-corrected chi connectivity index (χ0v) is 11.4. The van der Waals surface area contributed by atoms with Gasteiger partial charge in [0, 0.05) is 6.20 Å². The van der Waals surface area contributed by atoms with E-state index in [-0.39, 0.29) is 18.4 Å². The van der Waals surface area contributed by atoms with Crippen LogP contribution in [0.2, 0.25) is 0 Å². The lowest BCUT2D eigenvalue weighted by atomic mass is 10.0. The molecule has 1 rings (SSSR count). The highest BCUT2D eigenvalue weighted by Gasteiger charge is 2.22. The molecule has 0 aliphatic carbocycles. The maximum atomic E-state index is 11.8. The highest BCUT2D eigenvalue weighted by Crippen LogP contribution is 2.06. The van der Waals surface area contributed by atoms with Crippen LogP contribution in [0.15, 0.2) is 12.4 Å². The molecule has 0 aromatic carbocycles. The minimum Gasteiger partial charge on any atom is -0.467 e. The molecule has 3 N–H and O–H groups in total. The van der Waals surface area contributed by atoms with Gasteiger partial charge in [0.2, 0.25) is 5.91 Å². The predicted octanol–water partition coefficient (Wildman–Crippen LogP) is 0.169. The van der Waals surface area contributed by atoms with E-state index in [1.165, 1.54) is 18.0 Å². The van der Waals surface area contributed by atoms with Crippen molar-refractivity contribution >= 4 is 17.6 Å². The number of rotatable bonds is 6. The zero-order chi connectivity index (χ0) is 14.4. The highest BCUT2D eigenvalue weighted by atomic mass is 16.5. The number of nitrogen functional groups attached to an aromatic ring is 1. The molecule has 0 aliphatic heterocycles. The van der Waals surface area contributed by atoms with Gasteiger partial charge in [0.05, 0.1) is 19.0 Å². The van der Waals surface area contributed by atoms with Crippen LogP contribution in [-0.2, 0) is 20.9 Å². The molecule has 19 heavy (non-hydrogen) atoms. The lowest BCUT2D eigenvalue weighted by Crippen LogP contribution is -2.43. The van der Waals surface area contributed by atoms with Crippen LogP contribution in [-0.4, -0.2) is 34.8 Å². The van der Waals surface area contributed by atoms with Crippen molar-refractivity contribution in [3.05, 3.63) is 12.4 Å². The van der Waals surface area contributed by atoms with E-state index in [9.17, 15) is 9.59 Å². The molecule has 1 atom stereocenters. The van der Waals surface area contributed by atoms with Crippen LogP contribution < -0.4 is 11.1 Å². The summed E-state index contributed by atoms with van der Waals surface area (Å²) in [5, 5.41) is 6.55. The zero-order valence-electron chi connectivity index (χ0n) is 11.4. The number of carbonyl (C=O) groups is 2. The number of nitrogens with two attached hydrogens (primary N) is 1. The first-order chi connectivity index (χ1) is 8.92. The van der Waals surface area contributed by atoms with E-state index < -0.39 is 12.0 Å². The van der Waals surface area contributed by atoms with Crippen molar-refractivity contribution in [3.8, 4) is 0 Å². The first kappa shape index (κ1) is 15.0. The number of hydrogen-bond acceptors (Lipinski definition) is 5. The minimum absolute atomic E-state index is 0.0167. The third kappa shape index (κ3) is 4.99. The molecule has 0 spiro atoms. The lowest BCUT2D eigenvalue weighted by Gasteiger charge is -2.18. The Kier molecular flexibility index (Phi) is 5.35. The van der Waals surface area contributed by atoms with Gasteiger partial charge in [-0.1, -0.05) is 13.8 Å². The molecule has 0 saturated carbocycles. The van der Waals surface area contributed by atoms with Gasteiger partial charge in [0.25, 0.3) is 0 Å². The molecule has 0 bridgehead atoms. The molecule has 0 aliphatic rings. The standard InChI is InChI=1S/C12H20N4O3/c1-8(2)4-10(12(18)19-3)15-11(17)7-16-6-9(13)5-14-16/h5-6,8,10H,4,7,13H2,1-3H3,(H,15,17). The predicted molar refractivity (Wildman–Crippen MR) is 70.0 cm³/mol. The first-order valence-electron chi connectivity index (χ1n) is 6.07. The number of anilines is 1. The van der Waals surface area contributed by atoms with E-state index in [4.69, 9.17) is 5.73 Å². The molecule has 0 fully saturated rings. The molecule has 7 heteroatoms. The summed E-state index contributed by atoms with van der Waals surface area (Å²) in [4.78, 5) is 23.4. The number of nitrogens with one attached hydrogen (secondary N) is 1. The van der Waals surface area contributed by atoms with Gasteiger partial charge in [-0.25, -0.2) is 4.79 Å². The average Bonchev–Trinajstić information content (AvgIpc) is 2.72. The van der Waals surface area contributed by atoms with Crippen LogP contribution in [0.1, 0.15) is 20.3 Å². The summed E-state index contributed by atoms with van der Waals surface area (Å²) < 4.78 is 6.08.